The first-order valence-corrected chi connectivity index (χ1v) is 19.1. The van der Waals surface area contributed by atoms with E-state index in [1.807, 2.05) is 4.90 Å². The lowest BCUT2D eigenvalue weighted by molar-refractivity contribution is -0.214. The van der Waals surface area contributed by atoms with E-state index in [1.165, 1.54) is 11.1 Å². The number of hydrogen-bond acceptors (Lipinski definition) is 6. The summed E-state index contributed by atoms with van der Waals surface area (Å²) in [6.45, 7) is 21.8. The highest BCUT2D eigenvalue weighted by molar-refractivity contribution is 5.92. The van der Waals surface area contributed by atoms with E-state index in [4.69, 9.17) is 9.47 Å². The number of ketones is 1. The second-order valence-corrected chi connectivity index (χ2v) is 19.0. The van der Waals surface area contributed by atoms with Gasteiger partial charge in [-0.15, -0.1) is 0 Å². The molecule has 0 aromatic heterocycles. The van der Waals surface area contributed by atoms with Crippen LogP contribution in [0.1, 0.15) is 127 Å². The highest BCUT2D eigenvalue weighted by Crippen LogP contribution is 2.75. The van der Waals surface area contributed by atoms with E-state index < -0.39 is 22.9 Å². The van der Waals surface area contributed by atoms with Crippen LogP contribution in [0.4, 0.5) is 4.79 Å². The van der Waals surface area contributed by atoms with Crippen molar-refractivity contribution in [1.82, 2.24) is 10.2 Å². The van der Waals surface area contributed by atoms with Crippen LogP contribution in [0.5, 0.6) is 0 Å². The molecular formula is C40H62N2O7. The van der Waals surface area contributed by atoms with Crippen molar-refractivity contribution in [3.63, 3.8) is 0 Å². The molecule has 8 atom stereocenters. The van der Waals surface area contributed by atoms with Crippen LogP contribution in [0.2, 0.25) is 0 Å². The van der Waals surface area contributed by atoms with Gasteiger partial charge in [-0.25, -0.2) is 4.79 Å². The van der Waals surface area contributed by atoms with Gasteiger partial charge >= 0.3 is 18.0 Å². The van der Waals surface area contributed by atoms with Crippen LogP contribution in [0.3, 0.4) is 0 Å². The van der Waals surface area contributed by atoms with E-state index in [0.29, 0.717) is 44.6 Å². The third kappa shape index (κ3) is 5.49. The lowest BCUT2D eigenvalue weighted by atomic mass is 9.34. The number of carboxylic acid groups (broad SMARTS) is 1. The number of hydrogen-bond donors (Lipinski definition) is 2. The molecule has 6 aliphatic rings. The van der Waals surface area contributed by atoms with E-state index in [0.717, 1.165) is 51.4 Å². The van der Waals surface area contributed by atoms with E-state index in [2.05, 4.69) is 53.8 Å². The summed E-state index contributed by atoms with van der Waals surface area (Å²) < 4.78 is 11.7. The number of nitrogens with zero attached hydrogens (tertiary/aromatic N) is 1. The van der Waals surface area contributed by atoms with Gasteiger partial charge in [0.15, 0.2) is 0 Å². The number of esters is 1. The summed E-state index contributed by atoms with van der Waals surface area (Å²) in [4.78, 5) is 54.3. The van der Waals surface area contributed by atoms with Gasteiger partial charge in [0.25, 0.3) is 0 Å². The third-order valence-electron chi connectivity index (χ3n) is 15.4. The first kappa shape index (κ1) is 36.4. The Morgan fingerprint density at radius 2 is 1.65 bits per heavy atom. The van der Waals surface area contributed by atoms with Gasteiger partial charge < -0.3 is 24.8 Å². The quantitative estimate of drug-likeness (QED) is 0.225. The molecule has 9 nitrogen and oxygen atoms in total. The molecule has 0 spiro atoms. The first-order chi connectivity index (χ1) is 22.7. The van der Waals surface area contributed by atoms with Crippen molar-refractivity contribution in [3.8, 4) is 0 Å². The number of aliphatic carboxylic acids is 1. The molecule has 2 amide bonds. The van der Waals surface area contributed by atoms with E-state index in [1.54, 1.807) is 13.8 Å². The Morgan fingerprint density at radius 3 is 2.29 bits per heavy atom. The summed E-state index contributed by atoms with van der Waals surface area (Å²) in [5.74, 6) is -0.309. The number of allylic oxidation sites excluding steroid dienone is 1. The largest absolute Gasteiger partial charge is 0.481 e. The first-order valence-electron chi connectivity index (χ1n) is 19.1. The monoisotopic (exact) mass is 682 g/mol. The van der Waals surface area contributed by atoms with Crippen molar-refractivity contribution in [2.45, 2.75) is 138 Å². The Labute approximate surface area is 293 Å². The second kappa shape index (κ2) is 12.1. The maximum absolute atomic E-state index is 13.9. The zero-order chi connectivity index (χ0) is 35.9. The number of morpholine rings is 1. The summed E-state index contributed by atoms with van der Waals surface area (Å²) >= 11 is 0. The highest BCUT2D eigenvalue weighted by Gasteiger charge is 2.69. The summed E-state index contributed by atoms with van der Waals surface area (Å²) in [5.41, 5.74) is 0.674. The molecule has 1 heterocycles. The number of rotatable bonds is 6. The molecule has 0 radical (unpaired) electrons. The lowest BCUT2D eigenvalue weighted by Crippen LogP contribution is -2.65. The number of amides is 2. The SMILES string of the molecule is CC(C)C1C(=O)C[C@]2(NC(=O)N3CCOCC3)CC[C@]3(C)C(=C12)CC[C@@H]1[C@@]2(C)CC[C@H](OC(=O)CC(C)(C)C(=O)O)C(C)(C)[C@@H]2CC[C@]13C. The maximum Gasteiger partial charge on any atom is 0.318 e. The number of carbonyl (C=O) groups excluding carboxylic acids is 3. The van der Waals surface area contributed by atoms with Crippen LogP contribution in [-0.4, -0.2) is 71.7 Å². The smallest absolute Gasteiger partial charge is 0.318 e. The molecule has 4 saturated carbocycles. The van der Waals surface area contributed by atoms with Crippen molar-refractivity contribution in [2.24, 2.45) is 50.7 Å². The zero-order valence-electron chi connectivity index (χ0n) is 31.6. The minimum absolute atomic E-state index is 0.0253. The van der Waals surface area contributed by atoms with Crippen LogP contribution in [0.15, 0.2) is 11.1 Å². The molecule has 2 N–H and O–H groups in total. The van der Waals surface area contributed by atoms with Gasteiger partial charge in [0.1, 0.15) is 11.9 Å². The number of ether oxygens (including phenoxy) is 2. The molecule has 1 aliphatic heterocycles. The fourth-order valence-corrected chi connectivity index (χ4v) is 12.5. The maximum atomic E-state index is 13.9. The van der Waals surface area contributed by atoms with Gasteiger partial charge in [0, 0.05) is 30.8 Å². The van der Waals surface area contributed by atoms with Crippen molar-refractivity contribution < 1.29 is 33.8 Å². The standard InChI is InChI=1S/C40H62N2O7/c1-24(2)31-26(43)22-40(41-34(47)42-18-20-48-21-19-42)17-16-38(8)25(32(31)40)10-11-28-37(7)14-13-29(49-30(44)23-35(3,4)33(45)46)36(5,6)27(37)12-15-39(28,38)9/h24,27-29,31H,10-23H2,1-9H3,(H,41,47)(H,45,46)/t27-,28+,29-,31?,37-,38+,39+,40+/m0/s1. The Hall–Kier alpha value is -2.42. The van der Waals surface area contributed by atoms with Crippen LogP contribution >= 0.6 is 0 Å². The number of Topliss-reactive ketones (excluding diaryl/α,β-unsaturated/α-hetero) is 1. The van der Waals surface area contributed by atoms with Gasteiger partial charge in [-0.2, -0.15) is 0 Å². The van der Waals surface area contributed by atoms with Crippen LogP contribution < -0.4 is 5.32 Å². The third-order valence-corrected chi connectivity index (χ3v) is 15.4. The molecule has 49 heavy (non-hydrogen) atoms. The number of carboxylic acids is 1. The van der Waals surface area contributed by atoms with E-state index >= 15 is 0 Å². The van der Waals surface area contributed by atoms with Crippen LogP contribution in [0.25, 0.3) is 0 Å². The summed E-state index contributed by atoms with van der Waals surface area (Å²) in [6, 6.07) is -0.0682. The average Bonchev–Trinajstić information content (AvgIpc) is 3.30. The van der Waals surface area contributed by atoms with Crippen molar-refractivity contribution in [2.75, 3.05) is 26.3 Å². The fourth-order valence-electron chi connectivity index (χ4n) is 12.5. The molecule has 0 aromatic carbocycles. The van der Waals surface area contributed by atoms with E-state index in [9.17, 15) is 24.3 Å². The van der Waals surface area contributed by atoms with Gasteiger partial charge in [-0.3, -0.25) is 14.4 Å². The van der Waals surface area contributed by atoms with Crippen molar-refractivity contribution >= 4 is 23.8 Å². The van der Waals surface area contributed by atoms with Gasteiger partial charge in [-0.05, 0) is 105 Å². The second-order valence-electron chi connectivity index (χ2n) is 19.0. The van der Waals surface area contributed by atoms with Crippen LogP contribution in [-0.2, 0) is 23.9 Å². The predicted molar refractivity (Wildman–Crippen MR) is 187 cm³/mol. The van der Waals surface area contributed by atoms with Gasteiger partial charge in [-0.1, -0.05) is 54.0 Å². The number of fused-ring (bicyclic) bond motifs is 6. The molecule has 1 saturated heterocycles. The summed E-state index contributed by atoms with van der Waals surface area (Å²) in [6.07, 6.45) is 7.58. The Kier molecular flexibility index (Phi) is 8.97. The number of carbonyl (C=O) groups is 4. The van der Waals surface area contributed by atoms with Gasteiger partial charge in [0.05, 0.1) is 30.6 Å². The molecule has 0 bridgehead atoms. The molecular weight excluding hydrogens is 620 g/mol. The lowest BCUT2D eigenvalue weighted by Gasteiger charge is -2.70. The summed E-state index contributed by atoms with van der Waals surface area (Å²) in [7, 11) is 0. The molecule has 5 fully saturated rings. The fraction of sp³-hybridized carbons (Fsp3) is 0.850. The molecule has 0 aromatic rings. The average molecular weight is 683 g/mol. The Bertz CT molecular complexity index is 1430. The molecule has 9 heteroatoms. The Balaban J connectivity index is 1.31. The zero-order valence-corrected chi connectivity index (χ0v) is 31.6. The highest BCUT2D eigenvalue weighted by atomic mass is 16.5. The predicted octanol–water partition coefficient (Wildman–Crippen LogP) is 7.17. The minimum Gasteiger partial charge on any atom is -0.481 e. The Morgan fingerprint density at radius 1 is 0.980 bits per heavy atom. The normalized spacial score (nSPS) is 40.2. The molecule has 6 rings (SSSR count). The van der Waals surface area contributed by atoms with Crippen molar-refractivity contribution in [1.29, 1.82) is 0 Å². The van der Waals surface area contributed by atoms with Crippen LogP contribution in [0, 0.1) is 50.7 Å². The minimum atomic E-state index is -1.16. The number of urea groups is 1. The van der Waals surface area contributed by atoms with Crippen molar-refractivity contribution in [3.05, 3.63) is 11.1 Å². The summed E-state index contributed by atoms with van der Waals surface area (Å²) in [5, 5.41) is 13.1. The van der Waals surface area contributed by atoms with Gasteiger partial charge in [0.2, 0.25) is 0 Å². The molecule has 274 valence electrons. The molecule has 1 unspecified atom stereocenters. The molecule has 5 aliphatic carbocycles. The topological polar surface area (TPSA) is 122 Å². The number of nitrogens with one attached hydrogen (secondary N) is 1. The van der Waals surface area contributed by atoms with E-state index in [-0.39, 0.29) is 57.8 Å².